The van der Waals surface area contributed by atoms with Crippen molar-refractivity contribution in [1.82, 2.24) is 15.0 Å². The lowest BCUT2D eigenvalue weighted by atomic mass is 10.00. The van der Waals surface area contributed by atoms with Crippen LogP contribution in [0.4, 0.5) is 13.2 Å². The molecule has 0 radical (unpaired) electrons. The van der Waals surface area contributed by atoms with Gasteiger partial charge in [-0.1, -0.05) is 17.3 Å². The van der Waals surface area contributed by atoms with Gasteiger partial charge in [-0.25, -0.2) is 0 Å². The summed E-state index contributed by atoms with van der Waals surface area (Å²) in [5.74, 6) is -2.75. The van der Waals surface area contributed by atoms with Crippen molar-refractivity contribution in [3.63, 3.8) is 0 Å². The van der Waals surface area contributed by atoms with E-state index in [9.17, 15) is 22.8 Å². The Kier molecular flexibility index (Phi) is 4.66. The maximum absolute atomic E-state index is 12.7. The summed E-state index contributed by atoms with van der Waals surface area (Å²) < 4.78 is 42.0. The number of halogens is 3. The summed E-state index contributed by atoms with van der Waals surface area (Å²) in [7, 11) is 0. The second-order valence-corrected chi connectivity index (χ2v) is 5.91. The third kappa shape index (κ3) is 3.53. The van der Waals surface area contributed by atoms with Gasteiger partial charge in [0.2, 0.25) is 11.7 Å². The number of alkyl halides is 3. The molecule has 2 heterocycles. The summed E-state index contributed by atoms with van der Waals surface area (Å²) in [6, 6.07) is 5.13. The molecule has 3 rings (SSSR count). The lowest BCUT2D eigenvalue weighted by Crippen LogP contribution is -2.50. The van der Waals surface area contributed by atoms with Gasteiger partial charge in [-0.15, -0.1) is 0 Å². The minimum Gasteiger partial charge on any atom is -0.368 e. The van der Waals surface area contributed by atoms with Crippen LogP contribution < -0.4 is 5.73 Å². The molecule has 7 nitrogen and oxygen atoms in total. The molecule has 0 spiro atoms. The zero-order valence-corrected chi connectivity index (χ0v) is 13.5. The molecular weight excluding hydrogens is 353 g/mol. The molecule has 2 N–H and O–H groups in total. The van der Waals surface area contributed by atoms with Crippen molar-refractivity contribution in [2.75, 3.05) is 6.54 Å². The zero-order valence-electron chi connectivity index (χ0n) is 13.5. The topological polar surface area (TPSA) is 102 Å². The molecule has 1 fully saturated rings. The summed E-state index contributed by atoms with van der Waals surface area (Å²) in [4.78, 5) is 29.0. The van der Waals surface area contributed by atoms with Crippen molar-refractivity contribution < 1.29 is 27.3 Å². The number of amides is 2. The second-order valence-electron chi connectivity index (χ2n) is 5.91. The van der Waals surface area contributed by atoms with Crippen LogP contribution in [0.5, 0.6) is 0 Å². The van der Waals surface area contributed by atoms with E-state index in [1.807, 2.05) is 0 Å². The number of carbonyl (C=O) groups is 2. The quantitative estimate of drug-likeness (QED) is 0.895. The van der Waals surface area contributed by atoms with E-state index in [0.29, 0.717) is 13.0 Å². The minimum atomic E-state index is -4.75. The van der Waals surface area contributed by atoms with E-state index in [1.165, 1.54) is 29.2 Å². The fraction of sp³-hybridized carbons (Fsp3) is 0.375. The standard InChI is InChI=1S/C16H15F3N4O3/c17-16(18,19)15-21-13(22-26-15)9-4-3-5-10(8-9)14(25)23-7-2-1-6-11(23)12(20)24/h3-5,8,11H,1-2,6-7H2,(H2,20,24). The molecule has 1 aromatic heterocycles. The Morgan fingerprint density at radius 3 is 2.69 bits per heavy atom. The van der Waals surface area contributed by atoms with Gasteiger partial charge >= 0.3 is 12.1 Å². The van der Waals surface area contributed by atoms with E-state index in [0.717, 1.165) is 12.8 Å². The average Bonchev–Trinajstić information content (AvgIpc) is 3.12. The number of piperidine rings is 1. The van der Waals surface area contributed by atoms with Crippen LogP contribution in [-0.2, 0) is 11.0 Å². The lowest BCUT2D eigenvalue weighted by Gasteiger charge is -2.33. The third-order valence-corrected chi connectivity index (χ3v) is 4.13. The SMILES string of the molecule is NC(=O)C1CCCCN1C(=O)c1cccc(-c2noc(C(F)(F)F)n2)c1. The maximum atomic E-state index is 12.7. The van der Waals surface area contributed by atoms with Crippen molar-refractivity contribution in [3.05, 3.63) is 35.7 Å². The van der Waals surface area contributed by atoms with Gasteiger partial charge in [0.05, 0.1) is 0 Å². The molecule has 26 heavy (non-hydrogen) atoms. The average molecular weight is 368 g/mol. The normalized spacial score (nSPS) is 18.0. The van der Waals surface area contributed by atoms with E-state index in [1.54, 1.807) is 0 Å². The van der Waals surface area contributed by atoms with Crippen LogP contribution in [0.3, 0.4) is 0 Å². The smallest absolute Gasteiger partial charge is 0.368 e. The van der Waals surface area contributed by atoms with E-state index in [-0.39, 0.29) is 17.0 Å². The summed E-state index contributed by atoms with van der Waals surface area (Å²) in [6.45, 7) is 0.386. The number of hydrogen-bond donors (Lipinski definition) is 1. The van der Waals surface area contributed by atoms with Crippen LogP contribution in [0, 0.1) is 0 Å². The van der Waals surface area contributed by atoms with Gasteiger partial charge in [0.15, 0.2) is 0 Å². The summed E-state index contributed by atoms with van der Waals surface area (Å²) >= 11 is 0. The molecule has 138 valence electrons. The predicted molar refractivity (Wildman–Crippen MR) is 82.6 cm³/mol. The van der Waals surface area contributed by atoms with Crippen LogP contribution in [0.2, 0.25) is 0 Å². The van der Waals surface area contributed by atoms with Gasteiger partial charge in [-0.2, -0.15) is 18.2 Å². The first kappa shape index (κ1) is 17.9. The number of nitrogens with zero attached hydrogens (tertiary/aromatic N) is 3. The molecule has 1 atom stereocenters. The molecule has 2 aromatic rings. The fourth-order valence-electron chi connectivity index (χ4n) is 2.88. The predicted octanol–water partition coefficient (Wildman–Crippen LogP) is 2.24. The molecule has 10 heteroatoms. The van der Waals surface area contributed by atoms with Crippen LogP contribution >= 0.6 is 0 Å². The van der Waals surface area contributed by atoms with Crippen LogP contribution in [0.15, 0.2) is 28.8 Å². The monoisotopic (exact) mass is 368 g/mol. The summed E-state index contributed by atoms with van der Waals surface area (Å²) in [5.41, 5.74) is 5.77. The molecule has 1 aliphatic rings. The van der Waals surface area contributed by atoms with Gasteiger partial charge in [-0.05, 0) is 31.4 Å². The highest BCUT2D eigenvalue weighted by Crippen LogP contribution is 2.29. The molecule has 0 aliphatic carbocycles. The zero-order chi connectivity index (χ0) is 18.9. The Bertz CT molecular complexity index is 834. The van der Waals surface area contributed by atoms with Crippen molar-refractivity contribution in [3.8, 4) is 11.4 Å². The van der Waals surface area contributed by atoms with E-state index < -0.39 is 29.9 Å². The number of primary amides is 1. The van der Waals surface area contributed by atoms with Crippen LogP contribution in [0.1, 0.15) is 35.5 Å². The minimum absolute atomic E-state index is 0.197. The molecule has 1 aromatic carbocycles. The Morgan fingerprint density at radius 1 is 1.27 bits per heavy atom. The molecule has 2 amide bonds. The molecule has 1 saturated heterocycles. The first-order valence-electron chi connectivity index (χ1n) is 7.89. The van der Waals surface area contributed by atoms with Crippen molar-refractivity contribution in [1.29, 1.82) is 0 Å². The van der Waals surface area contributed by atoms with Gasteiger partial charge in [0.25, 0.3) is 5.91 Å². The molecule has 0 bridgehead atoms. The van der Waals surface area contributed by atoms with Crippen LogP contribution in [-0.4, -0.2) is 39.4 Å². The van der Waals surface area contributed by atoms with Crippen LogP contribution in [0.25, 0.3) is 11.4 Å². The summed E-state index contributed by atoms with van der Waals surface area (Å²) in [5, 5.41) is 3.30. The lowest BCUT2D eigenvalue weighted by molar-refractivity contribution is -0.159. The Hall–Kier alpha value is -2.91. The molecular formula is C16H15F3N4O3. The largest absolute Gasteiger partial charge is 0.471 e. The number of rotatable bonds is 3. The number of benzene rings is 1. The highest BCUT2D eigenvalue weighted by molar-refractivity contribution is 5.98. The van der Waals surface area contributed by atoms with Gasteiger partial charge in [0.1, 0.15) is 6.04 Å². The highest BCUT2D eigenvalue weighted by Gasteiger charge is 2.38. The van der Waals surface area contributed by atoms with Gasteiger partial charge < -0.3 is 15.2 Å². The van der Waals surface area contributed by atoms with Crippen molar-refractivity contribution in [2.45, 2.75) is 31.5 Å². The van der Waals surface area contributed by atoms with Gasteiger partial charge in [0, 0.05) is 17.7 Å². The Balaban J connectivity index is 1.88. The number of likely N-dealkylation sites (tertiary alicyclic amines) is 1. The van der Waals surface area contributed by atoms with E-state index in [2.05, 4.69) is 14.7 Å². The number of aromatic nitrogens is 2. The van der Waals surface area contributed by atoms with Crippen molar-refractivity contribution in [2.24, 2.45) is 5.73 Å². The Morgan fingerprint density at radius 2 is 2.04 bits per heavy atom. The molecule has 0 saturated carbocycles. The van der Waals surface area contributed by atoms with Crippen molar-refractivity contribution >= 4 is 11.8 Å². The second kappa shape index (κ2) is 6.77. The first-order chi connectivity index (χ1) is 12.3. The molecule has 1 unspecified atom stereocenters. The number of nitrogens with two attached hydrogens (primary N) is 1. The molecule has 1 aliphatic heterocycles. The Labute approximate surface area is 146 Å². The van der Waals surface area contributed by atoms with E-state index >= 15 is 0 Å². The number of carbonyl (C=O) groups excluding carboxylic acids is 2. The first-order valence-corrected chi connectivity index (χ1v) is 7.89. The highest BCUT2D eigenvalue weighted by atomic mass is 19.4. The van der Waals surface area contributed by atoms with Gasteiger partial charge in [-0.3, -0.25) is 9.59 Å². The van der Waals surface area contributed by atoms with E-state index in [4.69, 9.17) is 5.73 Å². The number of hydrogen-bond acceptors (Lipinski definition) is 5. The summed E-state index contributed by atoms with van der Waals surface area (Å²) in [6.07, 6.45) is -2.72. The fourth-order valence-corrected chi connectivity index (χ4v) is 2.88. The third-order valence-electron chi connectivity index (χ3n) is 4.13. The maximum Gasteiger partial charge on any atom is 0.471 e.